The molecule has 0 radical (unpaired) electrons. The van der Waals surface area contributed by atoms with Crippen molar-refractivity contribution in [2.45, 2.75) is 32.4 Å². The molecule has 19 heavy (non-hydrogen) atoms. The molecule has 0 bridgehead atoms. The molecule has 1 saturated heterocycles. The number of hydrogen-bond donors (Lipinski definition) is 2. The van der Waals surface area contributed by atoms with E-state index in [4.69, 9.17) is 0 Å². The number of benzene rings is 1. The number of rotatable bonds is 5. The molecule has 6 heteroatoms. The van der Waals surface area contributed by atoms with Gasteiger partial charge in [-0.1, -0.05) is 12.1 Å². The lowest BCUT2D eigenvalue weighted by molar-refractivity contribution is -0.385. The Labute approximate surface area is 111 Å². The molecule has 0 aliphatic carbocycles. The molecule has 1 aromatic rings. The van der Waals surface area contributed by atoms with Crippen LogP contribution in [-0.4, -0.2) is 23.4 Å². The second kappa shape index (κ2) is 5.79. The van der Waals surface area contributed by atoms with E-state index in [1.807, 2.05) is 6.07 Å². The van der Waals surface area contributed by atoms with Crippen molar-refractivity contribution in [3.8, 4) is 0 Å². The average molecular weight is 263 g/mol. The van der Waals surface area contributed by atoms with Crippen molar-refractivity contribution >= 4 is 11.6 Å². The molecule has 1 fully saturated rings. The van der Waals surface area contributed by atoms with Crippen LogP contribution in [0.4, 0.5) is 5.69 Å². The van der Waals surface area contributed by atoms with Crippen LogP contribution in [0.5, 0.6) is 0 Å². The third-order valence-corrected chi connectivity index (χ3v) is 3.28. The van der Waals surface area contributed by atoms with Crippen LogP contribution in [0.3, 0.4) is 0 Å². The van der Waals surface area contributed by atoms with E-state index in [1.54, 1.807) is 19.1 Å². The number of amides is 1. The van der Waals surface area contributed by atoms with E-state index >= 15 is 0 Å². The van der Waals surface area contributed by atoms with Crippen LogP contribution < -0.4 is 10.6 Å². The number of nitrogens with one attached hydrogen (secondary N) is 2. The van der Waals surface area contributed by atoms with Crippen molar-refractivity contribution < 1.29 is 9.72 Å². The van der Waals surface area contributed by atoms with E-state index in [0.29, 0.717) is 25.1 Å². The zero-order valence-corrected chi connectivity index (χ0v) is 10.8. The Balaban J connectivity index is 1.87. The SMILES string of the molecule is Cc1ccc(CNCC2CCC(=O)N2)cc1[N+](=O)[O-]. The summed E-state index contributed by atoms with van der Waals surface area (Å²) >= 11 is 0. The van der Waals surface area contributed by atoms with Crippen LogP contribution in [0.1, 0.15) is 24.0 Å². The summed E-state index contributed by atoms with van der Waals surface area (Å²) in [6.45, 7) is 2.98. The fourth-order valence-corrected chi connectivity index (χ4v) is 2.18. The van der Waals surface area contributed by atoms with Crippen LogP contribution in [0.25, 0.3) is 0 Å². The normalized spacial score (nSPS) is 18.4. The number of aryl methyl sites for hydroxylation is 1. The van der Waals surface area contributed by atoms with Gasteiger partial charge in [0.05, 0.1) is 4.92 Å². The molecule has 1 heterocycles. The smallest absolute Gasteiger partial charge is 0.272 e. The third kappa shape index (κ3) is 3.51. The van der Waals surface area contributed by atoms with Gasteiger partial charge >= 0.3 is 0 Å². The predicted octanol–water partition coefficient (Wildman–Crippen LogP) is 1.27. The first-order chi connectivity index (χ1) is 9.06. The van der Waals surface area contributed by atoms with E-state index in [9.17, 15) is 14.9 Å². The Morgan fingerprint density at radius 2 is 2.32 bits per heavy atom. The zero-order valence-electron chi connectivity index (χ0n) is 10.8. The van der Waals surface area contributed by atoms with Crippen molar-refractivity contribution in [3.05, 3.63) is 39.4 Å². The zero-order chi connectivity index (χ0) is 13.8. The highest BCUT2D eigenvalue weighted by molar-refractivity contribution is 5.78. The van der Waals surface area contributed by atoms with Crippen molar-refractivity contribution in [2.24, 2.45) is 0 Å². The Morgan fingerprint density at radius 3 is 2.95 bits per heavy atom. The molecular weight excluding hydrogens is 246 g/mol. The Kier molecular flexibility index (Phi) is 4.11. The molecule has 1 amide bonds. The van der Waals surface area contributed by atoms with Crippen LogP contribution in [0, 0.1) is 17.0 Å². The minimum Gasteiger partial charge on any atom is -0.352 e. The van der Waals surface area contributed by atoms with Gasteiger partial charge in [-0.2, -0.15) is 0 Å². The van der Waals surface area contributed by atoms with Gasteiger partial charge < -0.3 is 10.6 Å². The van der Waals surface area contributed by atoms with Gasteiger partial charge in [0.2, 0.25) is 5.91 Å². The summed E-state index contributed by atoms with van der Waals surface area (Å²) in [7, 11) is 0. The predicted molar refractivity (Wildman–Crippen MR) is 70.7 cm³/mol. The summed E-state index contributed by atoms with van der Waals surface area (Å²) < 4.78 is 0. The molecule has 102 valence electrons. The third-order valence-electron chi connectivity index (χ3n) is 3.28. The molecule has 0 saturated carbocycles. The number of carbonyl (C=O) groups is 1. The summed E-state index contributed by atoms with van der Waals surface area (Å²) in [5.41, 5.74) is 1.69. The van der Waals surface area contributed by atoms with Crippen molar-refractivity contribution in [2.75, 3.05) is 6.54 Å². The van der Waals surface area contributed by atoms with E-state index in [2.05, 4.69) is 10.6 Å². The van der Waals surface area contributed by atoms with Gasteiger partial charge in [-0.25, -0.2) is 0 Å². The lowest BCUT2D eigenvalue weighted by Gasteiger charge is -2.11. The molecule has 1 unspecified atom stereocenters. The van der Waals surface area contributed by atoms with E-state index in [1.165, 1.54) is 0 Å². The lowest BCUT2D eigenvalue weighted by Crippen LogP contribution is -2.35. The molecule has 1 aromatic carbocycles. The standard InChI is InChI=1S/C13H17N3O3/c1-9-2-3-10(6-12(9)16(18)19)7-14-8-11-4-5-13(17)15-11/h2-3,6,11,14H,4-5,7-8H2,1H3,(H,15,17). The van der Waals surface area contributed by atoms with E-state index in [-0.39, 0.29) is 22.6 Å². The second-order valence-electron chi connectivity index (χ2n) is 4.81. The topological polar surface area (TPSA) is 84.3 Å². The Hall–Kier alpha value is -1.95. The van der Waals surface area contributed by atoms with Crippen LogP contribution >= 0.6 is 0 Å². The summed E-state index contributed by atoms with van der Waals surface area (Å²) in [4.78, 5) is 21.5. The van der Waals surface area contributed by atoms with Gasteiger partial charge in [0.15, 0.2) is 0 Å². The minimum absolute atomic E-state index is 0.0952. The maximum atomic E-state index is 11.0. The molecule has 6 nitrogen and oxygen atoms in total. The van der Waals surface area contributed by atoms with Crippen molar-refractivity contribution in [3.63, 3.8) is 0 Å². The number of hydrogen-bond acceptors (Lipinski definition) is 4. The van der Waals surface area contributed by atoms with Gasteiger partial charge in [-0.3, -0.25) is 14.9 Å². The molecule has 2 N–H and O–H groups in total. The number of nitro benzene ring substituents is 1. The summed E-state index contributed by atoms with van der Waals surface area (Å²) in [6.07, 6.45) is 1.43. The van der Waals surface area contributed by atoms with Crippen molar-refractivity contribution in [1.29, 1.82) is 0 Å². The minimum atomic E-state index is -0.365. The maximum Gasteiger partial charge on any atom is 0.272 e. The highest BCUT2D eigenvalue weighted by atomic mass is 16.6. The maximum absolute atomic E-state index is 11.0. The van der Waals surface area contributed by atoms with Gasteiger partial charge in [0.25, 0.3) is 5.69 Å². The average Bonchev–Trinajstić information content (AvgIpc) is 2.77. The fourth-order valence-electron chi connectivity index (χ4n) is 2.18. The van der Waals surface area contributed by atoms with Gasteiger partial charge in [-0.05, 0) is 18.9 Å². The molecule has 0 aromatic heterocycles. The monoisotopic (exact) mass is 263 g/mol. The number of nitrogens with zero attached hydrogens (tertiary/aromatic N) is 1. The molecule has 1 atom stereocenters. The summed E-state index contributed by atoms with van der Waals surface area (Å²) in [5.74, 6) is 0.0952. The molecule has 1 aliphatic heterocycles. The first kappa shape index (κ1) is 13.5. The highest BCUT2D eigenvalue weighted by Crippen LogP contribution is 2.19. The Morgan fingerprint density at radius 1 is 1.53 bits per heavy atom. The van der Waals surface area contributed by atoms with E-state index < -0.39 is 0 Å². The number of nitro groups is 1. The lowest BCUT2D eigenvalue weighted by atomic mass is 10.1. The van der Waals surface area contributed by atoms with Gasteiger partial charge in [-0.15, -0.1) is 0 Å². The van der Waals surface area contributed by atoms with Crippen LogP contribution in [-0.2, 0) is 11.3 Å². The quantitative estimate of drug-likeness (QED) is 0.619. The van der Waals surface area contributed by atoms with Crippen molar-refractivity contribution in [1.82, 2.24) is 10.6 Å². The van der Waals surface area contributed by atoms with Crippen LogP contribution in [0.15, 0.2) is 18.2 Å². The van der Waals surface area contributed by atoms with Crippen LogP contribution in [0.2, 0.25) is 0 Å². The summed E-state index contributed by atoms with van der Waals surface area (Å²) in [5, 5.41) is 16.9. The highest BCUT2D eigenvalue weighted by Gasteiger charge is 2.19. The Bertz CT molecular complexity index is 502. The van der Waals surface area contributed by atoms with Gasteiger partial charge in [0.1, 0.15) is 0 Å². The number of carbonyl (C=O) groups excluding carboxylic acids is 1. The molecule has 2 rings (SSSR count). The second-order valence-corrected chi connectivity index (χ2v) is 4.81. The fraction of sp³-hybridized carbons (Fsp3) is 0.462. The van der Waals surface area contributed by atoms with Gasteiger partial charge in [0, 0.05) is 37.2 Å². The molecule has 0 spiro atoms. The first-order valence-corrected chi connectivity index (χ1v) is 6.30. The summed E-state index contributed by atoms with van der Waals surface area (Å²) in [6, 6.07) is 5.40. The first-order valence-electron chi connectivity index (χ1n) is 6.30. The van der Waals surface area contributed by atoms with E-state index in [0.717, 1.165) is 12.0 Å². The molecule has 1 aliphatic rings. The largest absolute Gasteiger partial charge is 0.352 e. The molecular formula is C13H17N3O3.